The maximum atomic E-state index is 12.3. The Morgan fingerprint density at radius 3 is 2.65 bits per heavy atom. The zero-order valence-corrected chi connectivity index (χ0v) is 16.1. The molecule has 2 aromatic rings. The largest absolute Gasteiger partial charge is 0.506 e. The van der Waals surface area contributed by atoms with Crippen LogP contribution < -0.4 is 4.74 Å². The topological polar surface area (TPSA) is 55.8 Å². The highest BCUT2D eigenvalue weighted by molar-refractivity contribution is 6.06. The molecule has 0 fully saturated rings. The Morgan fingerprint density at radius 1 is 1.31 bits per heavy atom. The summed E-state index contributed by atoms with van der Waals surface area (Å²) in [5.41, 5.74) is 0.745. The summed E-state index contributed by atoms with van der Waals surface area (Å²) >= 11 is 0. The third-order valence-electron chi connectivity index (χ3n) is 5.37. The normalized spacial score (nSPS) is 19.3. The lowest BCUT2D eigenvalue weighted by Crippen LogP contribution is -2.37. The van der Waals surface area contributed by atoms with E-state index in [4.69, 9.17) is 9.47 Å². The number of ether oxygens (including phenoxy) is 2. The predicted molar refractivity (Wildman–Crippen MR) is 103 cm³/mol. The van der Waals surface area contributed by atoms with Crippen molar-refractivity contribution < 1.29 is 19.4 Å². The van der Waals surface area contributed by atoms with E-state index >= 15 is 0 Å². The smallest absolute Gasteiger partial charge is 0.342 e. The van der Waals surface area contributed by atoms with Crippen LogP contribution in [0.5, 0.6) is 11.5 Å². The highest BCUT2D eigenvalue weighted by Gasteiger charge is 2.36. The summed E-state index contributed by atoms with van der Waals surface area (Å²) < 4.78 is 11.4. The molecule has 1 heterocycles. The first-order valence-corrected chi connectivity index (χ1v) is 9.40. The molecule has 1 aliphatic heterocycles. The summed E-state index contributed by atoms with van der Waals surface area (Å²) in [6.45, 7) is 6.62. The van der Waals surface area contributed by atoms with Gasteiger partial charge in [-0.2, -0.15) is 0 Å². The summed E-state index contributed by atoms with van der Waals surface area (Å²) in [6.07, 6.45) is 4.78. The van der Waals surface area contributed by atoms with Gasteiger partial charge < -0.3 is 14.6 Å². The molecule has 1 atom stereocenters. The van der Waals surface area contributed by atoms with E-state index in [0.717, 1.165) is 36.0 Å². The van der Waals surface area contributed by atoms with Crippen molar-refractivity contribution in [3.63, 3.8) is 0 Å². The summed E-state index contributed by atoms with van der Waals surface area (Å²) in [5, 5.41) is 12.2. The molecule has 4 nitrogen and oxygen atoms in total. The average Bonchev–Trinajstić information content (AvgIpc) is 2.62. The van der Waals surface area contributed by atoms with Crippen molar-refractivity contribution in [2.45, 2.75) is 58.5 Å². The number of hydrogen-bond acceptors (Lipinski definition) is 4. The first kappa shape index (κ1) is 18.6. The summed E-state index contributed by atoms with van der Waals surface area (Å²) in [4.78, 5) is 12.3. The Kier molecular flexibility index (Phi) is 5.12. The lowest BCUT2D eigenvalue weighted by atomic mass is 9.84. The van der Waals surface area contributed by atoms with E-state index in [9.17, 15) is 9.90 Å². The Labute approximate surface area is 155 Å². The predicted octanol–water partition coefficient (Wildman–Crippen LogP) is 5.24. The van der Waals surface area contributed by atoms with Crippen LogP contribution in [0.15, 0.2) is 24.3 Å². The number of rotatable bonds is 5. The van der Waals surface area contributed by atoms with E-state index in [1.54, 1.807) is 0 Å². The average molecular weight is 356 g/mol. The molecule has 0 spiro atoms. The molecule has 2 aromatic carbocycles. The Morgan fingerprint density at radius 2 is 2.00 bits per heavy atom. The number of benzene rings is 2. The number of fused-ring (bicyclic) bond motifs is 3. The van der Waals surface area contributed by atoms with Crippen LogP contribution in [0.2, 0.25) is 0 Å². The highest BCUT2D eigenvalue weighted by atomic mass is 16.5. The maximum Gasteiger partial charge on any atom is 0.342 e. The van der Waals surface area contributed by atoms with Crippen LogP contribution in [0.1, 0.15) is 62.4 Å². The molecule has 0 aliphatic carbocycles. The number of hydrogen-bond donors (Lipinski definition) is 1. The van der Waals surface area contributed by atoms with Crippen molar-refractivity contribution in [3.05, 3.63) is 35.4 Å². The number of esters is 1. The number of methoxy groups -OCH3 is 1. The number of aromatic hydroxyl groups is 1. The zero-order valence-electron chi connectivity index (χ0n) is 16.1. The lowest BCUT2D eigenvalue weighted by molar-refractivity contribution is 0.0506. The van der Waals surface area contributed by atoms with Crippen molar-refractivity contribution in [2.75, 3.05) is 7.11 Å². The van der Waals surface area contributed by atoms with Gasteiger partial charge in [-0.25, -0.2) is 4.79 Å². The van der Waals surface area contributed by atoms with Crippen LogP contribution in [-0.2, 0) is 11.2 Å². The van der Waals surface area contributed by atoms with Gasteiger partial charge in [-0.1, -0.05) is 44.5 Å². The standard InChI is InChI=1S/C22H28O4/c1-14(2)8-7-12-22(3)13-11-17-18(21(24)25-4)19(23)15-9-5-6-10-16(15)20(17)26-22/h5-6,9-10,14,23H,7-8,11-13H2,1-4H3. The molecule has 0 radical (unpaired) electrons. The van der Waals surface area contributed by atoms with Crippen molar-refractivity contribution in [1.29, 1.82) is 0 Å². The zero-order chi connectivity index (χ0) is 18.9. The van der Waals surface area contributed by atoms with Gasteiger partial charge in [0.05, 0.1) is 7.11 Å². The molecular weight excluding hydrogens is 328 g/mol. The van der Waals surface area contributed by atoms with Gasteiger partial charge in [-0.05, 0) is 38.5 Å². The molecule has 0 saturated carbocycles. The van der Waals surface area contributed by atoms with Crippen LogP contribution in [0.4, 0.5) is 0 Å². The van der Waals surface area contributed by atoms with Gasteiger partial charge in [0, 0.05) is 16.3 Å². The molecule has 1 unspecified atom stereocenters. The molecular formula is C22H28O4. The molecule has 4 heteroatoms. The quantitative estimate of drug-likeness (QED) is 0.744. The molecule has 140 valence electrons. The lowest BCUT2D eigenvalue weighted by Gasteiger charge is -2.37. The minimum atomic E-state index is -0.517. The Bertz CT molecular complexity index is 824. The third-order valence-corrected chi connectivity index (χ3v) is 5.37. The maximum absolute atomic E-state index is 12.3. The van der Waals surface area contributed by atoms with Gasteiger partial charge >= 0.3 is 5.97 Å². The van der Waals surface area contributed by atoms with E-state index in [-0.39, 0.29) is 16.9 Å². The number of carbonyl (C=O) groups is 1. The van der Waals surface area contributed by atoms with Crippen molar-refractivity contribution in [2.24, 2.45) is 5.92 Å². The van der Waals surface area contributed by atoms with Gasteiger partial charge in [-0.3, -0.25) is 0 Å². The van der Waals surface area contributed by atoms with Crippen molar-refractivity contribution >= 4 is 16.7 Å². The van der Waals surface area contributed by atoms with E-state index in [1.807, 2.05) is 24.3 Å². The van der Waals surface area contributed by atoms with E-state index in [2.05, 4.69) is 20.8 Å². The molecule has 0 amide bonds. The number of carbonyl (C=O) groups excluding carboxylic acids is 1. The summed E-state index contributed by atoms with van der Waals surface area (Å²) in [7, 11) is 1.34. The van der Waals surface area contributed by atoms with Crippen LogP contribution >= 0.6 is 0 Å². The fourth-order valence-electron chi connectivity index (χ4n) is 3.87. The SMILES string of the molecule is COC(=O)c1c2c(c3ccccc3c1O)OC(C)(CCCC(C)C)CC2. The van der Waals surface area contributed by atoms with Gasteiger partial charge in [0.1, 0.15) is 22.7 Å². The molecule has 0 saturated heterocycles. The second kappa shape index (κ2) is 7.18. The molecule has 1 aliphatic rings. The first-order chi connectivity index (χ1) is 12.4. The van der Waals surface area contributed by atoms with Gasteiger partial charge in [0.2, 0.25) is 0 Å². The van der Waals surface area contributed by atoms with E-state index < -0.39 is 5.97 Å². The number of phenolic OH excluding ortho intramolecular Hbond substituents is 1. The minimum Gasteiger partial charge on any atom is -0.506 e. The molecule has 0 bridgehead atoms. The van der Waals surface area contributed by atoms with Crippen LogP contribution in [-0.4, -0.2) is 23.8 Å². The van der Waals surface area contributed by atoms with Gasteiger partial charge in [0.15, 0.2) is 0 Å². The Balaban J connectivity index is 2.06. The van der Waals surface area contributed by atoms with Gasteiger partial charge in [-0.15, -0.1) is 0 Å². The minimum absolute atomic E-state index is 0.0155. The fourth-order valence-corrected chi connectivity index (χ4v) is 3.87. The van der Waals surface area contributed by atoms with E-state index in [0.29, 0.717) is 17.7 Å². The molecule has 3 rings (SSSR count). The Hall–Kier alpha value is -2.23. The molecule has 1 N–H and O–H groups in total. The second-order valence-electron chi connectivity index (χ2n) is 7.91. The van der Waals surface area contributed by atoms with Gasteiger partial charge in [0.25, 0.3) is 0 Å². The highest BCUT2D eigenvalue weighted by Crippen LogP contribution is 2.46. The van der Waals surface area contributed by atoms with Crippen molar-refractivity contribution in [1.82, 2.24) is 0 Å². The van der Waals surface area contributed by atoms with E-state index in [1.165, 1.54) is 13.5 Å². The fraction of sp³-hybridized carbons (Fsp3) is 0.500. The summed E-state index contributed by atoms with van der Waals surface area (Å²) in [5.74, 6) is 0.866. The van der Waals surface area contributed by atoms with Crippen LogP contribution in [0.3, 0.4) is 0 Å². The molecule has 0 aromatic heterocycles. The third kappa shape index (κ3) is 3.37. The van der Waals surface area contributed by atoms with Crippen LogP contribution in [0, 0.1) is 5.92 Å². The van der Waals surface area contributed by atoms with Crippen LogP contribution in [0.25, 0.3) is 10.8 Å². The monoisotopic (exact) mass is 356 g/mol. The number of phenols is 1. The molecule has 26 heavy (non-hydrogen) atoms. The summed E-state index contributed by atoms with van der Waals surface area (Å²) in [6, 6.07) is 7.52. The second-order valence-corrected chi connectivity index (χ2v) is 7.91. The first-order valence-electron chi connectivity index (χ1n) is 9.40. The van der Waals surface area contributed by atoms with Crippen molar-refractivity contribution in [3.8, 4) is 11.5 Å².